The highest BCUT2D eigenvalue weighted by molar-refractivity contribution is 5.70. The average molecular weight is 246 g/mol. The number of rotatable bonds is 0. The van der Waals surface area contributed by atoms with Gasteiger partial charge in [0.15, 0.2) is 0 Å². The summed E-state index contributed by atoms with van der Waals surface area (Å²) in [5.41, 5.74) is 4.63. The minimum Gasteiger partial charge on any atom is -0.443 e. The van der Waals surface area contributed by atoms with Crippen LogP contribution in [-0.2, 0) is 4.74 Å². The minimum absolute atomic E-state index is 0.0779. The number of nitrogens with zero attached hydrogens (tertiary/aromatic N) is 1. The van der Waals surface area contributed by atoms with E-state index in [1.54, 1.807) is 20.8 Å². The van der Waals surface area contributed by atoms with E-state index < -0.39 is 17.6 Å². The quantitative estimate of drug-likeness (QED) is 0.713. The van der Waals surface area contributed by atoms with E-state index in [0.29, 0.717) is 12.2 Å². The predicted octanol–water partition coefficient (Wildman–Crippen LogP) is 2.23. The maximum absolute atomic E-state index is 13.1. The van der Waals surface area contributed by atoms with Crippen LogP contribution in [0.25, 0.3) is 0 Å². The Morgan fingerprint density at radius 2 is 2.12 bits per heavy atom. The van der Waals surface area contributed by atoms with Gasteiger partial charge in [-0.2, -0.15) is 8.78 Å². The first kappa shape index (κ1) is 13.5. The summed E-state index contributed by atoms with van der Waals surface area (Å²) < 4.78 is 31.2. The lowest BCUT2D eigenvalue weighted by Gasteiger charge is -2.24. The molecule has 1 heterocycles. The van der Waals surface area contributed by atoms with Crippen LogP contribution in [0.4, 0.5) is 13.6 Å². The number of carbonyl (C=O) groups excluding carboxylic acids is 1. The van der Waals surface area contributed by atoms with Gasteiger partial charge in [-0.05, 0) is 20.8 Å². The van der Waals surface area contributed by atoms with Crippen LogP contribution in [-0.4, -0.2) is 29.1 Å². The summed E-state index contributed by atoms with van der Waals surface area (Å²) in [4.78, 5) is 12.7. The molecular formula is C11H16F2N2O2. The van der Waals surface area contributed by atoms with Gasteiger partial charge in [0, 0.05) is 24.0 Å². The van der Waals surface area contributed by atoms with E-state index in [1.165, 1.54) is 0 Å². The highest BCUT2D eigenvalue weighted by Crippen LogP contribution is 2.22. The van der Waals surface area contributed by atoms with Crippen LogP contribution in [0.1, 0.15) is 20.8 Å². The van der Waals surface area contributed by atoms with Gasteiger partial charge in [-0.1, -0.05) is 0 Å². The van der Waals surface area contributed by atoms with Crippen LogP contribution in [0.2, 0.25) is 0 Å². The third-order valence-corrected chi connectivity index (χ3v) is 1.84. The molecule has 1 rings (SSSR count). The van der Waals surface area contributed by atoms with Crippen molar-refractivity contribution in [3.63, 3.8) is 0 Å². The van der Waals surface area contributed by atoms with Crippen LogP contribution < -0.4 is 5.73 Å². The highest BCUT2D eigenvalue weighted by atomic mass is 19.3. The summed E-state index contributed by atoms with van der Waals surface area (Å²) in [6.45, 7) is 4.97. The number of carbonyl (C=O) groups is 1. The maximum Gasteiger partial charge on any atom is 0.414 e. The molecule has 0 aromatic heterocycles. The Morgan fingerprint density at radius 1 is 1.53 bits per heavy atom. The van der Waals surface area contributed by atoms with E-state index in [4.69, 9.17) is 10.5 Å². The number of allylic oxidation sites excluding steroid dienone is 2. The van der Waals surface area contributed by atoms with Crippen LogP contribution >= 0.6 is 0 Å². The summed E-state index contributed by atoms with van der Waals surface area (Å²) in [5.74, 6) is -3.14. The average Bonchev–Trinajstić information content (AvgIpc) is 2.20. The standard InChI is InChI=1S/C11H16F2N2O2/c1-10(2,3)17-9(16)15-5-4-11(12,13)6-8(14)7-15/h4-6H,7,14H2,1-3H3. The summed E-state index contributed by atoms with van der Waals surface area (Å²) in [6.07, 6.45) is 1.51. The fraction of sp³-hybridized carbons (Fsp3) is 0.545. The fourth-order valence-corrected chi connectivity index (χ4v) is 1.23. The number of amides is 1. The molecule has 0 fully saturated rings. The number of halogens is 2. The molecule has 1 amide bonds. The van der Waals surface area contributed by atoms with Gasteiger partial charge in [0.2, 0.25) is 0 Å². The second kappa shape index (κ2) is 4.35. The van der Waals surface area contributed by atoms with Crippen LogP contribution in [0.15, 0.2) is 24.0 Å². The van der Waals surface area contributed by atoms with E-state index >= 15 is 0 Å². The third-order valence-electron chi connectivity index (χ3n) is 1.84. The van der Waals surface area contributed by atoms with Crippen molar-refractivity contribution in [1.29, 1.82) is 0 Å². The number of ether oxygens (including phenoxy) is 1. The van der Waals surface area contributed by atoms with Gasteiger partial charge in [0.1, 0.15) is 5.60 Å². The van der Waals surface area contributed by atoms with E-state index in [2.05, 4.69) is 0 Å². The molecule has 6 heteroatoms. The molecule has 96 valence electrons. The van der Waals surface area contributed by atoms with Crippen molar-refractivity contribution in [2.24, 2.45) is 5.73 Å². The monoisotopic (exact) mass is 246 g/mol. The molecule has 0 saturated heterocycles. The molecule has 0 atom stereocenters. The molecule has 0 radical (unpaired) electrons. The third kappa shape index (κ3) is 4.42. The summed E-state index contributed by atoms with van der Waals surface area (Å²) in [5, 5.41) is 0. The molecule has 2 N–H and O–H groups in total. The minimum atomic E-state index is -3.14. The molecular weight excluding hydrogens is 230 g/mol. The number of hydrogen-bond acceptors (Lipinski definition) is 3. The Hall–Kier alpha value is -1.59. The molecule has 0 bridgehead atoms. The van der Waals surface area contributed by atoms with Gasteiger partial charge in [-0.25, -0.2) is 4.79 Å². The van der Waals surface area contributed by atoms with Crippen molar-refractivity contribution in [1.82, 2.24) is 4.90 Å². The van der Waals surface area contributed by atoms with Crippen molar-refractivity contribution in [2.45, 2.75) is 32.3 Å². The molecule has 0 aromatic rings. The van der Waals surface area contributed by atoms with Gasteiger partial charge in [-0.3, -0.25) is 4.90 Å². The topological polar surface area (TPSA) is 55.6 Å². The number of alkyl halides is 2. The van der Waals surface area contributed by atoms with Crippen molar-refractivity contribution in [2.75, 3.05) is 6.54 Å². The Morgan fingerprint density at radius 3 is 2.65 bits per heavy atom. The Bertz CT molecular complexity index is 370. The largest absolute Gasteiger partial charge is 0.443 e. The summed E-state index contributed by atoms with van der Waals surface area (Å²) in [7, 11) is 0. The maximum atomic E-state index is 13.1. The van der Waals surface area contributed by atoms with Gasteiger partial charge < -0.3 is 10.5 Å². The zero-order valence-electron chi connectivity index (χ0n) is 10.0. The Kier molecular flexibility index (Phi) is 3.45. The van der Waals surface area contributed by atoms with Gasteiger partial charge >= 0.3 is 6.09 Å². The second-order valence-electron chi connectivity index (χ2n) is 4.82. The predicted molar refractivity (Wildman–Crippen MR) is 59.3 cm³/mol. The van der Waals surface area contributed by atoms with Crippen LogP contribution in [0.3, 0.4) is 0 Å². The molecule has 0 unspecified atom stereocenters. The first-order chi connectivity index (χ1) is 7.59. The summed E-state index contributed by atoms with van der Waals surface area (Å²) >= 11 is 0. The molecule has 1 aliphatic heterocycles. The fourth-order valence-electron chi connectivity index (χ4n) is 1.23. The number of nitrogens with two attached hydrogens (primary N) is 1. The molecule has 0 aromatic carbocycles. The van der Waals surface area contributed by atoms with Crippen LogP contribution in [0, 0.1) is 0 Å². The highest BCUT2D eigenvalue weighted by Gasteiger charge is 2.28. The van der Waals surface area contributed by atoms with E-state index in [1.807, 2.05) is 0 Å². The molecule has 0 saturated carbocycles. The smallest absolute Gasteiger partial charge is 0.414 e. The lowest BCUT2D eigenvalue weighted by molar-refractivity contribution is 0.0347. The van der Waals surface area contributed by atoms with Gasteiger partial charge in [-0.15, -0.1) is 0 Å². The van der Waals surface area contributed by atoms with E-state index in [-0.39, 0.29) is 12.2 Å². The second-order valence-corrected chi connectivity index (χ2v) is 4.82. The molecule has 0 spiro atoms. The summed E-state index contributed by atoms with van der Waals surface area (Å²) in [6, 6.07) is 0. The first-order valence-corrected chi connectivity index (χ1v) is 5.13. The molecule has 4 nitrogen and oxygen atoms in total. The van der Waals surface area contributed by atoms with Crippen molar-refractivity contribution in [3.05, 3.63) is 24.0 Å². The van der Waals surface area contributed by atoms with Crippen LogP contribution in [0.5, 0.6) is 0 Å². The van der Waals surface area contributed by atoms with E-state index in [0.717, 1.165) is 11.1 Å². The molecule has 17 heavy (non-hydrogen) atoms. The van der Waals surface area contributed by atoms with Crippen molar-refractivity contribution < 1.29 is 18.3 Å². The number of hydrogen-bond donors (Lipinski definition) is 1. The molecule has 0 aliphatic carbocycles. The zero-order chi connectivity index (χ0) is 13.3. The van der Waals surface area contributed by atoms with Gasteiger partial charge in [0.25, 0.3) is 5.92 Å². The first-order valence-electron chi connectivity index (χ1n) is 5.13. The lowest BCUT2D eigenvalue weighted by Crippen LogP contribution is -2.35. The SMILES string of the molecule is CC(C)(C)OC(=O)N1C=CC(F)(F)C=C(N)C1. The lowest BCUT2D eigenvalue weighted by atomic mass is 10.2. The van der Waals surface area contributed by atoms with Crippen molar-refractivity contribution in [3.8, 4) is 0 Å². The molecule has 1 aliphatic rings. The van der Waals surface area contributed by atoms with Gasteiger partial charge in [0.05, 0.1) is 6.54 Å². The normalized spacial score (nSPS) is 19.6. The van der Waals surface area contributed by atoms with Crippen molar-refractivity contribution >= 4 is 6.09 Å². The Balaban J connectivity index is 2.81. The van der Waals surface area contributed by atoms with E-state index in [9.17, 15) is 13.6 Å². The Labute approximate surface area is 98.7 Å². The zero-order valence-corrected chi connectivity index (χ0v) is 10.0.